The van der Waals surface area contributed by atoms with Crippen LogP contribution < -0.4 is 5.56 Å². The Morgan fingerprint density at radius 2 is 1.82 bits per heavy atom. The van der Waals surface area contributed by atoms with Gasteiger partial charge in [0.2, 0.25) is 0 Å². The highest BCUT2D eigenvalue weighted by molar-refractivity contribution is 5.70. The molecule has 1 amide bonds. The number of aryl methyl sites for hydroxylation is 1. The monoisotopic (exact) mass is 446 g/mol. The van der Waals surface area contributed by atoms with Gasteiger partial charge in [-0.15, -0.1) is 6.58 Å². The van der Waals surface area contributed by atoms with E-state index in [1.165, 1.54) is 12.1 Å². The standard InChI is InChI=1S/C27H27FN2O3/c1-4-15-27(22-11-13-23(28)14-12-22)16-18-30(26(32)33-27)19(2)20-7-9-21(10-8-20)24-6-5-17-29(3)25(24)31/h4-14,17,19H,1,15-16,18H2,2-3H3/t19-,27+/m0/s1. The Morgan fingerprint density at radius 1 is 1.12 bits per heavy atom. The molecule has 1 aliphatic heterocycles. The third kappa shape index (κ3) is 4.33. The van der Waals surface area contributed by atoms with Crippen LogP contribution in [0.15, 0.2) is 84.3 Å². The molecule has 1 aromatic heterocycles. The zero-order valence-electron chi connectivity index (χ0n) is 18.8. The van der Waals surface area contributed by atoms with Crippen molar-refractivity contribution in [3.8, 4) is 11.1 Å². The van der Waals surface area contributed by atoms with Crippen molar-refractivity contribution >= 4 is 6.09 Å². The lowest BCUT2D eigenvalue weighted by Gasteiger charge is -2.43. The fraction of sp³-hybridized carbons (Fsp3) is 0.259. The number of hydrogen-bond donors (Lipinski definition) is 0. The number of halogens is 1. The van der Waals surface area contributed by atoms with E-state index in [1.54, 1.807) is 47.0 Å². The van der Waals surface area contributed by atoms with Crippen LogP contribution in [-0.4, -0.2) is 22.1 Å². The van der Waals surface area contributed by atoms with Crippen molar-refractivity contribution in [2.75, 3.05) is 6.54 Å². The third-order valence-corrected chi connectivity index (χ3v) is 6.41. The molecule has 2 heterocycles. The Labute approximate surface area is 192 Å². The van der Waals surface area contributed by atoms with E-state index < -0.39 is 11.7 Å². The first-order valence-corrected chi connectivity index (χ1v) is 11.0. The Balaban J connectivity index is 1.54. The molecular weight excluding hydrogens is 419 g/mol. The number of benzene rings is 2. The first kappa shape index (κ1) is 22.5. The van der Waals surface area contributed by atoms with Crippen LogP contribution in [0.1, 0.15) is 36.9 Å². The predicted octanol–water partition coefficient (Wildman–Crippen LogP) is 5.57. The second-order valence-electron chi connectivity index (χ2n) is 8.44. The molecule has 1 saturated heterocycles. The lowest BCUT2D eigenvalue weighted by atomic mass is 9.85. The highest BCUT2D eigenvalue weighted by Gasteiger charge is 2.42. The van der Waals surface area contributed by atoms with E-state index >= 15 is 0 Å². The van der Waals surface area contributed by atoms with Gasteiger partial charge >= 0.3 is 6.09 Å². The van der Waals surface area contributed by atoms with Crippen molar-refractivity contribution in [3.05, 3.63) is 107 Å². The van der Waals surface area contributed by atoms with Gasteiger partial charge in [-0.1, -0.05) is 42.5 Å². The fourth-order valence-electron chi connectivity index (χ4n) is 4.41. The molecule has 0 saturated carbocycles. The number of nitrogens with zero attached hydrogens (tertiary/aromatic N) is 2. The van der Waals surface area contributed by atoms with Gasteiger partial charge in [0.25, 0.3) is 5.56 Å². The molecule has 2 aromatic carbocycles. The number of carbonyl (C=O) groups excluding carboxylic acids is 1. The summed E-state index contributed by atoms with van der Waals surface area (Å²) in [6, 6.07) is 17.2. The molecule has 0 N–H and O–H groups in total. The van der Waals surface area contributed by atoms with Crippen molar-refractivity contribution in [1.82, 2.24) is 9.47 Å². The van der Waals surface area contributed by atoms with Crippen molar-refractivity contribution < 1.29 is 13.9 Å². The predicted molar refractivity (Wildman–Crippen MR) is 126 cm³/mol. The van der Waals surface area contributed by atoms with Crippen molar-refractivity contribution in [3.63, 3.8) is 0 Å². The molecule has 0 bridgehead atoms. The minimum Gasteiger partial charge on any atom is -0.437 e. The molecule has 0 unspecified atom stereocenters. The first-order valence-electron chi connectivity index (χ1n) is 11.0. The summed E-state index contributed by atoms with van der Waals surface area (Å²) in [5, 5.41) is 0. The molecule has 0 radical (unpaired) electrons. The number of hydrogen-bond acceptors (Lipinski definition) is 3. The van der Waals surface area contributed by atoms with Gasteiger partial charge < -0.3 is 14.2 Å². The van der Waals surface area contributed by atoms with E-state index in [0.717, 1.165) is 16.7 Å². The molecule has 170 valence electrons. The number of pyridine rings is 1. The van der Waals surface area contributed by atoms with E-state index in [0.29, 0.717) is 24.9 Å². The summed E-state index contributed by atoms with van der Waals surface area (Å²) in [5.74, 6) is -0.332. The van der Waals surface area contributed by atoms with Crippen LogP contribution in [-0.2, 0) is 17.4 Å². The summed E-state index contributed by atoms with van der Waals surface area (Å²) in [7, 11) is 1.72. The van der Waals surface area contributed by atoms with Gasteiger partial charge in [-0.2, -0.15) is 0 Å². The lowest BCUT2D eigenvalue weighted by Crippen LogP contribution is -2.48. The lowest BCUT2D eigenvalue weighted by molar-refractivity contribution is -0.0588. The zero-order valence-corrected chi connectivity index (χ0v) is 18.8. The van der Waals surface area contributed by atoms with Crippen LogP contribution in [0.4, 0.5) is 9.18 Å². The number of cyclic esters (lactones) is 1. The number of carbonyl (C=O) groups is 1. The zero-order chi connectivity index (χ0) is 23.6. The molecule has 0 spiro atoms. The Hall–Kier alpha value is -3.67. The highest BCUT2D eigenvalue weighted by Crippen LogP contribution is 2.40. The van der Waals surface area contributed by atoms with Crippen LogP contribution in [0.25, 0.3) is 11.1 Å². The van der Waals surface area contributed by atoms with Crippen LogP contribution in [0, 0.1) is 5.82 Å². The van der Waals surface area contributed by atoms with Gasteiger partial charge in [0, 0.05) is 38.2 Å². The summed E-state index contributed by atoms with van der Waals surface area (Å²) in [5.41, 5.74) is 2.26. The van der Waals surface area contributed by atoms with Gasteiger partial charge in [0.05, 0.1) is 6.04 Å². The molecule has 1 fully saturated rings. The molecular formula is C27H27FN2O3. The van der Waals surface area contributed by atoms with E-state index in [-0.39, 0.29) is 17.4 Å². The molecule has 3 aromatic rings. The normalized spacial score (nSPS) is 19.1. The fourth-order valence-corrected chi connectivity index (χ4v) is 4.41. The maximum Gasteiger partial charge on any atom is 0.411 e. The third-order valence-electron chi connectivity index (χ3n) is 6.41. The number of ether oxygens (including phenoxy) is 1. The largest absolute Gasteiger partial charge is 0.437 e. The summed E-state index contributed by atoms with van der Waals surface area (Å²) in [4.78, 5) is 27.2. The summed E-state index contributed by atoms with van der Waals surface area (Å²) >= 11 is 0. The highest BCUT2D eigenvalue weighted by atomic mass is 19.1. The molecule has 0 aliphatic carbocycles. The molecule has 6 heteroatoms. The van der Waals surface area contributed by atoms with Crippen LogP contribution >= 0.6 is 0 Å². The average molecular weight is 447 g/mol. The molecule has 4 rings (SSSR count). The van der Waals surface area contributed by atoms with Gasteiger partial charge in [0.15, 0.2) is 0 Å². The topological polar surface area (TPSA) is 51.5 Å². The van der Waals surface area contributed by atoms with Crippen LogP contribution in [0.3, 0.4) is 0 Å². The maximum atomic E-state index is 13.4. The van der Waals surface area contributed by atoms with Gasteiger partial charge in [-0.05, 0) is 47.9 Å². The van der Waals surface area contributed by atoms with E-state index in [1.807, 2.05) is 37.3 Å². The Kier molecular flexibility index (Phi) is 6.18. The first-order chi connectivity index (χ1) is 15.8. The molecule has 5 nitrogen and oxygen atoms in total. The summed E-state index contributed by atoms with van der Waals surface area (Å²) < 4.78 is 20.9. The van der Waals surface area contributed by atoms with Crippen molar-refractivity contribution in [2.24, 2.45) is 7.05 Å². The van der Waals surface area contributed by atoms with Crippen LogP contribution in [0.2, 0.25) is 0 Å². The quantitative estimate of drug-likeness (QED) is 0.466. The molecule has 33 heavy (non-hydrogen) atoms. The average Bonchev–Trinajstić information content (AvgIpc) is 2.81. The second kappa shape index (κ2) is 9.06. The smallest absolute Gasteiger partial charge is 0.411 e. The Morgan fingerprint density at radius 3 is 2.45 bits per heavy atom. The second-order valence-corrected chi connectivity index (χ2v) is 8.44. The summed E-state index contributed by atoms with van der Waals surface area (Å²) in [6.07, 6.45) is 4.05. The van der Waals surface area contributed by atoms with Crippen molar-refractivity contribution in [2.45, 2.75) is 31.4 Å². The van der Waals surface area contributed by atoms with E-state index in [9.17, 15) is 14.0 Å². The van der Waals surface area contributed by atoms with Crippen LogP contribution in [0.5, 0.6) is 0 Å². The number of aromatic nitrogens is 1. The summed E-state index contributed by atoms with van der Waals surface area (Å²) in [6.45, 7) is 6.26. The van der Waals surface area contributed by atoms with Gasteiger partial charge in [-0.3, -0.25) is 4.79 Å². The number of amides is 1. The van der Waals surface area contributed by atoms with E-state index in [2.05, 4.69) is 6.58 Å². The van der Waals surface area contributed by atoms with Gasteiger partial charge in [0.1, 0.15) is 11.4 Å². The minimum atomic E-state index is -0.847. The molecule has 1 aliphatic rings. The Bertz CT molecular complexity index is 1220. The van der Waals surface area contributed by atoms with Crippen molar-refractivity contribution in [1.29, 1.82) is 0 Å². The maximum absolute atomic E-state index is 13.4. The molecule has 2 atom stereocenters. The van der Waals surface area contributed by atoms with Gasteiger partial charge in [-0.25, -0.2) is 9.18 Å². The SMILES string of the molecule is C=CC[C@]1(c2ccc(F)cc2)CCN([C@@H](C)c2ccc(-c3cccn(C)c3=O)cc2)C(=O)O1. The minimum absolute atomic E-state index is 0.0581. The van der Waals surface area contributed by atoms with E-state index in [4.69, 9.17) is 4.74 Å². The number of rotatable bonds is 6.